The van der Waals surface area contributed by atoms with Crippen molar-refractivity contribution in [2.45, 2.75) is 32.4 Å². The molecule has 1 atom stereocenters. The van der Waals surface area contributed by atoms with E-state index >= 15 is 0 Å². The van der Waals surface area contributed by atoms with Gasteiger partial charge < -0.3 is 4.74 Å². The van der Waals surface area contributed by atoms with E-state index in [9.17, 15) is 0 Å². The van der Waals surface area contributed by atoms with E-state index < -0.39 is 0 Å². The van der Waals surface area contributed by atoms with Crippen molar-refractivity contribution in [2.75, 3.05) is 6.61 Å². The average Bonchev–Trinajstić information content (AvgIpc) is 2.58. The summed E-state index contributed by atoms with van der Waals surface area (Å²) in [6.07, 6.45) is 0.799. The van der Waals surface area contributed by atoms with Gasteiger partial charge in [-0.1, -0.05) is 0 Å². The lowest BCUT2D eigenvalue weighted by atomic mass is 10.2. The van der Waals surface area contributed by atoms with E-state index in [1.54, 1.807) is 7.05 Å². The summed E-state index contributed by atoms with van der Waals surface area (Å²) in [7, 11) is 1.73. The molecule has 1 aromatic heterocycles. The summed E-state index contributed by atoms with van der Waals surface area (Å²) in [6.45, 7) is 4.49. The van der Waals surface area contributed by atoms with Crippen molar-refractivity contribution in [3.8, 4) is 0 Å². The zero-order valence-electron chi connectivity index (χ0n) is 9.34. The van der Waals surface area contributed by atoms with Gasteiger partial charge in [0.25, 0.3) is 0 Å². The van der Waals surface area contributed by atoms with Crippen molar-refractivity contribution in [3.05, 3.63) is 5.82 Å². The molecule has 15 heavy (non-hydrogen) atoms. The molecule has 0 aromatic carbocycles. The predicted molar refractivity (Wildman–Crippen MR) is 54.7 cm³/mol. The molecule has 0 amide bonds. The fraction of sp³-hybridized carbons (Fsp3) is 0.875. The number of tetrazole rings is 1. The van der Waals surface area contributed by atoms with Crippen LogP contribution in [0, 0.1) is 0 Å². The minimum absolute atomic E-state index is 0.0107. The van der Waals surface area contributed by atoms with Gasteiger partial charge in [0.2, 0.25) is 0 Å². The Kier molecular flexibility index (Phi) is 4.60. The fourth-order valence-electron chi connectivity index (χ4n) is 1.10. The molecule has 0 spiro atoms. The van der Waals surface area contributed by atoms with Gasteiger partial charge in [0.1, 0.15) is 0 Å². The van der Waals surface area contributed by atoms with Gasteiger partial charge >= 0.3 is 0 Å². The number of hydrazine groups is 1. The molecule has 1 aromatic rings. The Balaban J connectivity index is 2.39. The van der Waals surface area contributed by atoms with Crippen LogP contribution in [0.1, 0.15) is 19.7 Å². The highest BCUT2D eigenvalue weighted by Gasteiger charge is 2.12. The van der Waals surface area contributed by atoms with Crippen LogP contribution >= 0.6 is 0 Å². The zero-order chi connectivity index (χ0) is 11.3. The lowest BCUT2D eigenvalue weighted by molar-refractivity contribution is 0.0609. The summed E-state index contributed by atoms with van der Waals surface area (Å²) in [4.78, 5) is 1.42. The van der Waals surface area contributed by atoms with Crippen molar-refractivity contribution in [1.82, 2.24) is 25.6 Å². The van der Waals surface area contributed by atoms with E-state index in [4.69, 9.17) is 10.6 Å². The van der Waals surface area contributed by atoms with Gasteiger partial charge in [0.15, 0.2) is 5.82 Å². The maximum atomic E-state index is 5.45. The minimum Gasteiger partial charge on any atom is -0.377 e. The van der Waals surface area contributed by atoms with E-state index in [-0.39, 0.29) is 12.1 Å². The first-order valence-corrected chi connectivity index (χ1v) is 4.92. The van der Waals surface area contributed by atoms with Gasteiger partial charge in [-0.2, -0.15) is 4.80 Å². The maximum absolute atomic E-state index is 5.45. The molecule has 0 aliphatic heterocycles. The summed E-state index contributed by atoms with van der Waals surface area (Å²) in [5.74, 6) is 6.06. The van der Waals surface area contributed by atoms with Gasteiger partial charge in [0, 0.05) is 6.42 Å². The first kappa shape index (κ1) is 12.0. The second kappa shape index (κ2) is 5.74. The maximum Gasteiger partial charge on any atom is 0.176 e. The van der Waals surface area contributed by atoms with Crippen LogP contribution in [-0.2, 0) is 18.2 Å². The average molecular weight is 214 g/mol. The summed E-state index contributed by atoms with van der Waals surface area (Å²) >= 11 is 0. The molecule has 86 valence electrons. The van der Waals surface area contributed by atoms with Crippen LogP contribution in [-0.4, -0.2) is 39.0 Å². The SMILES string of the molecule is CC(C)OCC(Cc1nnn(C)n1)NN. The van der Waals surface area contributed by atoms with Crippen LogP contribution in [0.2, 0.25) is 0 Å². The van der Waals surface area contributed by atoms with Crippen molar-refractivity contribution in [2.24, 2.45) is 12.9 Å². The highest BCUT2D eigenvalue weighted by atomic mass is 16.5. The molecule has 1 unspecified atom stereocenters. The number of nitrogens with two attached hydrogens (primary N) is 1. The number of hydrogen-bond donors (Lipinski definition) is 2. The third kappa shape index (κ3) is 4.32. The number of nitrogens with one attached hydrogen (secondary N) is 1. The Morgan fingerprint density at radius 1 is 1.53 bits per heavy atom. The predicted octanol–water partition coefficient (Wildman–Crippen LogP) is -0.990. The van der Waals surface area contributed by atoms with Gasteiger partial charge in [-0.15, -0.1) is 10.2 Å². The highest BCUT2D eigenvalue weighted by Crippen LogP contribution is 1.97. The molecule has 0 aliphatic carbocycles. The molecule has 0 saturated heterocycles. The monoisotopic (exact) mass is 214 g/mol. The molecule has 0 bridgehead atoms. The van der Waals surface area contributed by atoms with Gasteiger partial charge in [-0.3, -0.25) is 11.3 Å². The number of aromatic nitrogens is 4. The largest absolute Gasteiger partial charge is 0.377 e. The minimum atomic E-state index is 0.0107. The van der Waals surface area contributed by atoms with Crippen LogP contribution in [0.3, 0.4) is 0 Å². The van der Waals surface area contributed by atoms with Crippen molar-refractivity contribution < 1.29 is 4.74 Å². The van der Waals surface area contributed by atoms with E-state index in [1.807, 2.05) is 13.8 Å². The second-order valence-electron chi connectivity index (χ2n) is 3.64. The number of rotatable bonds is 6. The topological polar surface area (TPSA) is 90.9 Å². The van der Waals surface area contributed by atoms with Crippen LogP contribution in [0.4, 0.5) is 0 Å². The first-order chi connectivity index (χ1) is 7.11. The Morgan fingerprint density at radius 2 is 2.27 bits per heavy atom. The first-order valence-electron chi connectivity index (χ1n) is 4.92. The van der Waals surface area contributed by atoms with E-state index in [0.29, 0.717) is 18.9 Å². The van der Waals surface area contributed by atoms with Crippen molar-refractivity contribution in [1.29, 1.82) is 0 Å². The molecule has 3 N–H and O–H groups in total. The van der Waals surface area contributed by atoms with E-state index in [1.165, 1.54) is 4.80 Å². The Bertz CT molecular complexity index is 286. The molecule has 0 aliphatic rings. The fourth-order valence-corrected chi connectivity index (χ4v) is 1.10. The number of ether oxygens (including phenoxy) is 1. The highest BCUT2D eigenvalue weighted by molar-refractivity contribution is 4.83. The molecule has 0 fully saturated rings. The van der Waals surface area contributed by atoms with Crippen LogP contribution in [0.15, 0.2) is 0 Å². The molecule has 0 radical (unpaired) electrons. The smallest absolute Gasteiger partial charge is 0.176 e. The number of aryl methyl sites for hydroxylation is 1. The normalized spacial score (nSPS) is 13.4. The molecular weight excluding hydrogens is 196 g/mol. The lowest BCUT2D eigenvalue weighted by Gasteiger charge is -2.15. The zero-order valence-corrected chi connectivity index (χ0v) is 9.34. The van der Waals surface area contributed by atoms with Gasteiger partial charge in [-0.25, -0.2) is 0 Å². The van der Waals surface area contributed by atoms with Crippen molar-refractivity contribution >= 4 is 0 Å². The summed E-state index contributed by atoms with van der Waals surface area (Å²) < 4.78 is 5.45. The molecule has 1 heterocycles. The Hall–Kier alpha value is -1.05. The lowest BCUT2D eigenvalue weighted by Crippen LogP contribution is -2.41. The Labute approximate surface area is 88.9 Å². The van der Waals surface area contributed by atoms with E-state index in [0.717, 1.165) is 0 Å². The molecule has 0 saturated carbocycles. The standard InChI is InChI=1S/C8H18N6O/c1-6(2)15-5-7(10-9)4-8-11-13-14(3)12-8/h6-7,10H,4-5,9H2,1-3H3. The van der Waals surface area contributed by atoms with Gasteiger partial charge in [0.05, 0.1) is 25.8 Å². The van der Waals surface area contributed by atoms with Crippen LogP contribution in [0.25, 0.3) is 0 Å². The molecular formula is C8H18N6O. The third-order valence-electron chi connectivity index (χ3n) is 1.85. The summed E-state index contributed by atoms with van der Waals surface area (Å²) in [5.41, 5.74) is 2.67. The summed E-state index contributed by atoms with van der Waals surface area (Å²) in [5, 5.41) is 11.7. The van der Waals surface area contributed by atoms with Crippen molar-refractivity contribution in [3.63, 3.8) is 0 Å². The van der Waals surface area contributed by atoms with Crippen LogP contribution in [0.5, 0.6) is 0 Å². The number of hydrogen-bond acceptors (Lipinski definition) is 6. The quantitative estimate of drug-likeness (QED) is 0.466. The Morgan fingerprint density at radius 3 is 2.73 bits per heavy atom. The van der Waals surface area contributed by atoms with E-state index in [2.05, 4.69) is 20.8 Å². The van der Waals surface area contributed by atoms with Gasteiger partial charge in [-0.05, 0) is 19.1 Å². The molecule has 1 rings (SSSR count). The van der Waals surface area contributed by atoms with Crippen LogP contribution < -0.4 is 11.3 Å². The molecule has 7 heteroatoms. The number of nitrogens with zero attached hydrogens (tertiary/aromatic N) is 4. The summed E-state index contributed by atoms with van der Waals surface area (Å²) in [6, 6.07) is 0.0107. The molecule has 7 nitrogen and oxygen atoms in total. The second-order valence-corrected chi connectivity index (χ2v) is 3.64. The third-order valence-corrected chi connectivity index (χ3v) is 1.85.